The number of aryl methyl sites for hydroxylation is 2. The quantitative estimate of drug-likeness (QED) is 0.697. The Kier molecular flexibility index (Phi) is 6.70. The second-order valence-electron chi connectivity index (χ2n) is 7.80. The van der Waals surface area contributed by atoms with Crippen LogP contribution in [0.25, 0.3) is 0 Å². The summed E-state index contributed by atoms with van der Waals surface area (Å²) >= 11 is 0. The summed E-state index contributed by atoms with van der Waals surface area (Å²) in [7, 11) is 1.71. The van der Waals surface area contributed by atoms with E-state index in [4.69, 9.17) is 9.26 Å². The molecule has 1 aromatic rings. The zero-order valence-corrected chi connectivity index (χ0v) is 16.5. The van der Waals surface area contributed by atoms with Gasteiger partial charge in [-0.25, -0.2) is 0 Å². The number of aromatic nitrogens is 1. The van der Waals surface area contributed by atoms with Gasteiger partial charge in [0.05, 0.1) is 5.69 Å². The summed E-state index contributed by atoms with van der Waals surface area (Å²) in [6, 6.07) is 0.639. The minimum Gasteiger partial charge on any atom is -0.385 e. The number of amides is 1. The molecule has 3 rings (SSSR count). The molecule has 0 aromatic carbocycles. The van der Waals surface area contributed by atoms with Gasteiger partial charge in [0.15, 0.2) is 0 Å². The van der Waals surface area contributed by atoms with E-state index in [1.54, 1.807) is 7.11 Å². The predicted octanol–water partition coefficient (Wildman–Crippen LogP) is 3.03. The van der Waals surface area contributed by atoms with Crippen LogP contribution in [0.1, 0.15) is 60.3 Å². The van der Waals surface area contributed by atoms with E-state index < -0.39 is 0 Å². The van der Waals surface area contributed by atoms with E-state index in [2.05, 4.69) is 10.1 Å². The highest BCUT2D eigenvalue weighted by molar-refractivity contribution is 5.96. The van der Waals surface area contributed by atoms with Crippen molar-refractivity contribution < 1.29 is 14.1 Å². The molecule has 0 radical (unpaired) electrons. The molecular weight excluding hydrogens is 330 g/mol. The van der Waals surface area contributed by atoms with Crippen molar-refractivity contribution in [3.8, 4) is 0 Å². The SMILES string of the molecule is COCCCN(C[C@@H]1CCCN2CCCC[C@H]12)C(=O)c1c(C)noc1C. The van der Waals surface area contributed by atoms with Crippen LogP contribution >= 0.6 is 0 Å². The summed E-state index contributed by atoms with van der Waals surface area (Å²) in [6.45, 7) is 8.34. The lowest BCUT2D eigenvalue weighted by molar-refractivity contribution is 0.0346. The summed E-state index contributed by atoms with van der Waals surface area (Å²) < 4.78 is 10.4. The Hall–Kier alpha value is -1.40. The number of carbonyl (C=O) groups is 1. The molecule has 2 aliphatic heterocycles. The van der Waals surface area contributed by atoms with Crippen LogP contribution in [0.5, 0.6) is 0 Å². The minimum atomic E-state index is 0.0604. The van der Waals surface area contributed by atoms with Crippen LogP contribution in [-0.2, 0) is 4.74 Å². The van der Waals surface area contributed by atoms with Crippen molar-refractivity contribution in [2.45, 2.75) is 58.4 Å². The van der Waals surface area contributed by atoms with Crippen molar-refractivity contribution >= 4 is 5.91 Å². The third-order valence-electron chi connectivity index (χ3n) is 5.99. The van der Waals surface area contributed by atoms with Crippen molar-refractivity contribution in [1.29, 1.82) is 0 Å². The Labute approximate surface area is 156 Å². The molecule has 146 valence electrons. The number of hydrogen-bond acceptors (Lipinski definition) is 5. The first-order chi connectivity index (χ1) is 12.6. The molecule has 0 unspecified atom stereocenters. The van der Waals surface area contributed by atoms with Gasteiger partial charge in [-0.15, -0.1) is 0 Å². The maximum Gasteiger partial charge on any atom is 0.259 e. The van der Waals surface area contributed by atoms with E-state index in [1.807, 2.05) is 18.7 Å². The zero-order valence-electron chi connectivity index (χ0n) is 16.5. The molecule has 26 heavy (non-hydrogen) atoms. The van der Waals surface area contributed by atoms with Gasteiger partial charge in [-0.1, -0.05) is 11.6 Å². The number of methoxy groups -OCH3 is 1. The van der Waals surface area contributed by atoms with Gasteiger partial charge in [-0.05, 0) is 65.0 Å². The van der Waals surface area contributed by atoms with E-state index in [0.717, 1.165) is 19.5 Å². The summed E-state index contributed by atoms with van der Waals surface area (Å²) in [4.78, 5) is 17.9. The normalized spacial score (nSPS) is 23.7. The van der Waals surface area contributed by atoms with Crippen molar-refractivity contribution in [1.82, 2.24) is 15.0 Å². The van der Waals surface area contributed by atoms with Gasteiger partial charge in [0.2, 0.25) is 0 Å². The second-order valence-corrected chi connectivity index (χ2v) is 7.80. The molecule has 2 aliphatic rings. The second kappa shape index (κ2) is 9.00. The Morgan fingerprint density at radius 3 is 2.81 bits per heavy atom. The van der Waals surface area contributed by atoms with Gasteiger partial charge in [-0.3, -0.25) is 4.79 Å². The molecule has 2 fully saturated rings. The molecule has 1 amide bonds. The molecule has 0 saturated carbocycles. The van der Waals surface area contributed by atoms with Gasteiger partial charge in [0, 0.05) is 32.8 Å². The lowest BCUT2D eigenvalue weighted by Gasteiger charge is -2.45. The first-order valence-electron chi connectivity index (χ1n) is 10.1. The van der Waals surface area contributed by atoms with Crippen LogP contribution in [0, 0.1) is 19.8 Å². The predicted molar refractivity (Wildman–Crippen MR) is 100 cm³/mol. The van der Waals surface area contributed by atoms with Gasteiger partial charge >= 0.3 is 0 Å². The monoisotopic (exact) mass is 363 g/mol. The molecule has 0 N–H and O–H groups in total. The molecule has 6 nitrogen and oxygen atoms in total. The van der Waals surface area contributed by atoms with Crippen LogP contribution in [-0.4, -0.2) is 66.8 Å². The molecule has 2 saturated heterocycles. The number of hydrogen-bond donors (Lipinski definition) is 0. The third kappa shape index (κ3) is 4.29. The fourth-order valence-corrected chi connectivity index (χ4v) is 4.70. The number of carbonyl (C=O) groups excluding carboxylic acids is 1. The lowest BCUT2D eigenvalue weighted by atomic mass is 9.83. The molecule has 1 aromatic heterocycles. The molecule has 2 atom stereocenters. The van der Waals surface area contributed by atoms with E-state index >= 15 is 0 Å². The number of nitrogens with zero attached hydrogens (tertiary/aromatic N) is 3. The fourth-order valence-electron chi connectivity index (χ4n) is 4.70. The highest BCUT2D eigenvalue weighted by atomic mass is 16.5. The first-order valence-corrected chi connectivity index (χ1v) is 10.1. The van der Waals surface area contributed by atoms with Gasteiger partial charge in [-0.2, -0.15) is 0 Å². The molecule has 0 spiro atoms. The summed E-state index contributed by atoms with van der Waals surface area (Å²) in [5.41, 5.74) is 1.32. The third-order valence-corrected chi connectivity index (χ3v) is 5.99. The summed E-state index contributed by atoms with van der Waals surface area (Å²) in [6.07, 6.45) is 7.23. The number of fused-ring (bicyclic) bond motifs is 1. The standard InChI is InChI=1S/C20H33N3O3/c1-15-19(16(2)26-21-15)20(24)23(12-7-13-25-3)14-17-8-6-11-22-10-5-4-9-18(17)22/h17-18H,4-14H2,1-3H3/t17-,18+/m0/s1. The molecule has 0 bridgehead atoms. The highest BCUT2D eigenvalue weighted by Gasteiger charge is 2.35. The summed E-state index contributed by atoms with van der Waals surface area (Å²) in [5.74, 6) is 1.24. The Bertz CT molecular complexity index is 580. The van der Waals surface area contributed by atoms with Crippen LogP contribution in [0.15, 0.2) is 4.52 Å². The van der Waals surface area contributed by atoms with Crippen molar-refractivity contribution in [2.75, 3.05) is 39.9 Å². The highest BCUT2D eigenvalue weighted by Crippen LogP contribution is 2.32. The molecule has 6 heteroatoms. The fraction of sp³-hybridized carbons (Fsp3) is 0.800. The topological polar surface area (TPSA) is 58.8 Å². The van der Waals surface area contributed by atoms with Crippen molar-refractivity contribution in [3.63, 3.8) is 0 Å². The van der Waals surface area contributed by atoms with Gasteiger partial charge in [0.25, 0.3) is 5.91 Å². The van der Waals surface area contributed by atoms with Gasteiger partial charge in [0.1, 0.15) is 11.3 Å². The number of piperidine rings is 2. The van der Waals surface area contributed by atoms with Crippen molar-refractivity contribution in [2.24, 2.45) is 5.92 Å². The number of rotatable bonds is 7. The number of ether oxygens (including phenoxy) is 1. The van der Waals surface area contributed by atoms with Crippen molar-refractivity contribution in [3.05, 3.63) is 17.0 Å². The zero-order chi connectivity index (χ0) is 18.5. The maximum absolute atomic E-state index is 13.2. The van der Waals surface area contributed by atoms with Crippen LogP contribution in [0.2, 0.25) is 0 Å². The van der Waals surface area contributed by atoms with E-state index in [0.29, 0.717) is 35.6 Å². The average molecular weight is 364 g/mol. The van der Waals surface area contributed by atoms with Crippen LogP contribution in [0.3, 0.4) is 0 Å². The van der Waals surface area contributed by atoms with Gasteiger partial charge < -0.3 is 19.1 Å². The average Bonchev–Trinajstić information content (AvgIpc) is 2.99. The molecular formula is C20H33N3O3. The minimum absolute atomic E-state index is 0.0604. The van der Waals surface area contributed by atoms with E-state index in [1.165, 1.54) is 45.2 Å². The summed E-state index contributed by atoms with van der Waals surface area (Å²) in [5, 5.41) is 3.97. The molecule has 3 heterocycles. The smallest absolute Gasteiger partial charge is 0.259 e. The lowest BCUT2D eigenvalue weighted by Crippen LogP contribution is -2.51. The van der Waals surface area contributed by atoms with E-state index in [9.17, 15) is 4.79 Å². The molecule has 0 aliphatic carbocycles. The van der Waals surface area contributed by atoms with Crippen LogP contribution < -0.4 is 0 Å². The Balaban J connectivity index is 1.74. The largest absolute Gasteiger partial charge is 0.385 e. The Morgan fingerprint density at radius 1 is 1.27 bits per heavy atom. The Morgan fingerprint density at radius 2 is 2.08 bits per heavy atom. The maximum atomic E-state index is 13.2. The van der Waals surface area contributed by atoms with Crippen LogP contribution in [0.4, 0.5) is 0 Å². The van der Waals surface area contributed by atoms with E-state index in [-0.39, 0.29) is 5.91 Å². The first kappa shape index (κ1) is 19.4.